The van der Waals surface area contributed by atoms with Crippen LogP contribution in [-0.2, 0) is 0 Å². The molecule has 5 heteroatoms. The summed E-state index contributed by atoms with van der Waals surface area (Å²) >= 11 is 5.67. The van der Waals surface area contributed by atoms with E-state index in [1.165, 1.54) is 5.56 Å². The molecule has 0 spiro atoms. The lowest BCUT2D eigenvalue weighted by molar-refractivity contribution is 0.102. The van der Waals surface area contributed by atoms with Gasteiger partial charge >= 0.3 is 0 Å². The van der Waals surface area contributed by atoms with Crippen LogP contribution in [-0.4, -0.2) is 22.3 Å². The largest absolute Gasteiger partial charge is 0.457 e. The average Bonchev–Trinajstić information content (AvgIpc) is 2.83. The number of nitrogens with one attached hydrogen (secondary N) is 1. The fourth-order valence-electron chi connectivity index (χ4n) is 4.03. The second-order valence-electron chi connectivity index (χ2n) is 8.21. The quantitative estimate of drug-likeness (QED) is 0.321. The summed E-state index contributed by atoms with van der Waals surface area (Å²) in [6.07, 6.45) is 0.932. The summed E-state index contributed by atoms with van der Waals surface area (Å²) in [7, 11) is 0. The van der Waals surface area contributed by atoms with E-state index in [9.17, 15) is 4.79 Å². The van der Waals surface area contributed by atoms with Crippen molar-refractivity contribution in [2.45, 2.75) is 33.2 Å². The van der Waals surface area contributed by atoms with Gasteiger partial charge in [-0.2, -0.15) is 0 Å². The van der Waals surface area contributed by atoms with Crippen molar-refractivity contribution < 1.29 is 9.53 Å². The number of ether oxygens (including phenoxy) is 1. The molecule has 168 valence electrons. The van der Waals surface area contributed by atoms with E-state index in [4.69, 9.17) is 17.0 Å². The molecule has 0 aliphatic carbocycles. The number of carbonyl (C=O) groups is 1. The number of Topliss-reactive ketones (excluding diaryl/α,β-unsaturated/α-hetero) is 1. The molecule has 1 unspecified atom stereocenters. The van der Waals surface area contributed by atoms with Crippen LogP contribution in [0.3, 0.4) is 0 Å². The fraction of sp³-hybridized carbons (Fsp3) is 0.214. The molecule has 4 rings (SSSR count). The van der Waals surface area contributed by atoms with Gasteiger partial charge in [0, 0.05) is 23.4 Å². The normalized spacial score (nSPS) is 15.9. The molecule has 0 saturated heterocycles. The van der Waals surface area contributed by atoms with Gasteiger partial charge in [-0.25, -0.2) is 0 Å². The minimum Gasteiger partial charge on any atom is -0.457 e. The van der Waals surface area contributed by atoms with Crippen molar-refractivity contribution in [1.29, 1.82) is 0 Å². The van der Waals surface area contributed by atoms with Gasteiger partial charge in [-0.15, -0.1) is 0 Å². The number of hydrogen-bond donors (Lipinski definition) is 1. The Morgan fingerprint density at radius 1 is 0.939 bits per heavy atom. The Bertz CT molecular complexity index is 1170. The number of thiocarbonyl (C=S) groups is 1. The highest BCUT2D eigenvalue weighted by Crippen LogP contribution is 2.34. The lowest BCUT2D eigenvalue weighted by Gasteiger charge is -2.38. The van der Waals surface area contributed by atoms with E-state index >= 15 is 0 Å². The third-order valence-electron chi connectivity index (χ3n) is 5.79. The van der Waals surface area contributed by atoms with E-state index in [1.807, 2.05) is 97.6 Å². The first kappa shape index (κ1) is 22.7. The molecule has 0 radical (unpaired) electrons. The zero-order valence-corrected chi connectivity index (χ0v) is 20.0. The molecule has 1 atom stereocenters. The van der Waals surface area contributed by atoms with Gasteiger partial charge in [0.2, 0.25) is 0 Å². The Morgan fingerprint density at radius 3 is 2.15 bits per heavy atom. The van der Waals surface area contributed by atoms with E-state index < -0.39 is 0 Å². The Kier molecular flexibility index (Phi) is 6.90. The van der Waals surface area contributed by atoms with Crippen LogP contribution in [0.1, 0.15) is 47.8 Å². The smallest absolute Gasteiger partial charge is 0.193 e. The van der Waals surface area contributed by atoms with Crippen LogP contribution in [0.25, 0.3) is 0 Å². The molecule has 0 amide bonds. The van der Waals surface area contributed by atoms with Gasteiger partial charge in [0.25, 0.3) is 0 Å². The number of rotatable bonds is 7. The van der Waals surface area contributed by atoms with Crippen LogP contribution in [0.2, 0.25) is 0 Å². The topological polar surface area (TPSA) is 41.6 Å². The van der Waals surface area contributed by atoms with E-state index in [2.05, 4.69) is 12.2 Å². The van der Waals surface area contributed by atoms with Crippen LogP contribution in [0, 0.1) is 6.92 Å². The third kappa shape index (κ3) is 4.99. The van der Waals surface area contributed by atoms with Crippen molar-refractivity contribution in [3.05, 3.63) is 107 Å². The molecule has 3 aromatic carbocycles. The molecule has 33 heavy (non-hydrogen) atoms. The number of nitrogens with zero attached hydrogens (tertiary/aromatic N) is 1. The van der Waals surface area contributed by atoms with Gasteiger partial charge in [0.05, 0.1) is 6.04 Å². The van der Waals surface area contributed by atoms with Crippen molar-refractivity contribution in [2.75, 3.05) is 6.54 Å². The summed E-state index contributed by atoms with van der Waals surface area (Å²) in [6, 6.07) is 24.9. The van der Waals surface area contributed by atoms with E-state index in [0.29, 0.717) is 10.7 Å². The molecular formula is C28H28N2O2S. The summed E-state index contributed by atoms with van der Waals surface area (Å²) in [5, 5.41) is 4.05. The summed E-state index contributed by atoms with van der Waals surface area (Å²) in [6.45, 7) is 6.90. The molecule has 1 aliphatic heterocycles. The van der Waals surface area contributed by atoms with Gasteiger partial charge in [-0.1, -0.05) is 67.1 Å². The van der Waals surface area contributed by atoms with Gasteiger partial charge in [-0.05, 0) is 62.3 Å². The maximum atomic E-state index is 13.6. The molecule has 0 bridgehead atoms. The number of ketones is 1. The standard InChI is InChI=1S/C28H28N2O2S/c1-4-18-30-20(3)25(27(31)22-8-6-5-7-9-22)26(29-28(30)33)21-12-16-24(17-13-21)32-23-14-10-19(2)11-15-23/h5-17,26H,4,18H2,1-3H3,(H,29,33). The first-order chi connectivity index (χ1) is 16.0. The molecule has 0 aromatic heterocycles. The van der Waals surface area contributed by atoms with Crippen molar-refractivity contribution in [2.24, 2.45) is 0 Å². The van der Waals surface area contributed by atoms with E-state index in [1.54, 1.807) is 0 Å². The van der Waals surface area contributed by atoms with Crippen molar-refractivity contribution >= 4 is 23.1 Å². The third-order valence-corrected chi connectivity index (χ3v) is 6.13. The van der Waals surface area contributed by atoms with Crippen LogP contribution in [0.5, 0.6) is 11.5 Å². The summed E-state index contributed by atoms with van der Waals surface area (Å²) in [4.78, 5) is 15.6. The Balaban J connectivity index is 1.67. The van der Waals surface area contributed by atoms with Crippen LogP contribution in [0.15, 0.2) is 90.1 Å². The predicted molar refractivity (Wildman–Crippen MR) is 137 cm³/mol. The molecule has 1 heterocycles. The number of carbonyl (C=O) groups excluding carboxylic acids is 1. The second kappa shape index (κ2) is 10.0. The van der Waals surface area contributed by atoms with Crippen LogP contribution in [0.4, 0.5) is 0 Å². The van der Waals surface area contributed by atoms with Gasteiger partial charge in [0.1, 0.15) is 11.5 Å². The number of benzene rings is 3. The van der Waals surface area contributed by atoms with E-state index in [-0.39, 0.29) is 11.8 Å². The SMILES string of the molecule is CCCN1C(=S)NC(c2ccc(Oc3ccc(C)cc3)cc2)C(C(=O)c2ccccc2)=C1C. The van der Waals surface area contributed by atoms with Gasteiger partial charge in [0.15, 0.2) is 10.9 Å². The lowest BCUT2D eigenvalue weighted by Crippen LogP contribution is -2.47. The zero-order valence-electron chi connectivity index (χ0n) is 19.2. The van der Waals surface area contributed by atoms with Gasteiger partial charge in [-0.3, -0.25) is 4.79 Å². The Labute approximate surface area is 200 Å². The fourth-order valence-corrected chi connectivity index (χ4v) is 4.38. The first-order valence-electron chi connectivity index (χ1n) is 11.2. The molecular weight excluding hydrogens is 428 g/mol. The molecule has 1 aliphatic rings. The van der Waals surface area contributed by atoms with Gasteiger partial charge < -0.3 is 15.0 Å². The Hall–Kier alpha value is -3.44. The summed E-state index contributed by atoms with van der Waals surface area (Å²) < 4.78 is 5.98. The number of allylic oxidation sites excluding steroid dienone is 1. The zero-order chi connectivity index (χ0) is 23.4. The minimum absolute atomic E-state index is 0.00850. The Morgan fingerprint density at radius 2 is 1.55 bits per heavy atom. The summed E-state index contributed by atoms with van der Waals surface area (Å²) in [5.41, 5.74) is 4.44. The number of aryl methyl sites for hydroxylation is 1. The van der Waals surface area contributed by atoms with Crippen molar-refractivity contribution in [1.82, 2.24) is 10.2 Å². The maximum Gasteiger partial charge on any atom is 0.193 e. The highest BCUT2D eigenvalue weighted by atomic mass is 32.1. The lowest BCUT2D eigenvalue weighted by atomic mass is 9.89. The molecule has 3 aromatic rings. The van der Waals surface area contributed by atoms with Crippen LogP contribution < -0.4 is 10.1 Å². The second-order valence-corrected chi connectivity index (χ2v) is 8.60. The molecule has 1 N–H and O–H groups in total. The van der Waals surface area contributed by atoms with Crippen LogP contribution >= 0.6 is 12.2 Å². The minimum atomic E-state index is -0.327. The molecule has 0 saturated carbocycles. The average molecular weight is 457 g/mol. The van der Waals surface area contributed by atoms with Crippen molar-refractivity contribution in [3.63, 3.8) is 0 Å². The van der Waals surface area contributed by atoms with E-state index in [0.717, 1.165) is 41.3 Å². The molecule has 0 fully saturated rings. The highest BCUT2D eigenvalue weighted by Gasteiger charge is 2.33. The molecule has 4 nitrogen and oxygen atoms in total. The monoisotopic (exact) mass is 456 g/mol. The number of hydrogen-bond acceptors (Lipinski definition) is 3. The van der Waals surface area contributed by atoms with Crippen molar-refractivity contribution in [3.8, 4) is 11.5 Å². The highest BCUT2D eigenvalue weighted by molar-refractivity contribution is 7.80. The first-order valence-corrected chi connectivity index (χ1v) is 11.6. The maximum absolute atomic E-state index is 13.6. The predicted octanol–water partition coefficient (Wildman–Crippen LogP) is 6.59. The summed E-state index contributed by atoms with van der Waals surface area (Å²) in [5.74, 6) is 1.54.